The average molecular weight is 534 g/mol. The Morgan fingerprint density at radius 1 is 1.03 bits per heavy atom. The van der Waals surface area contributed by atoms with E-state index in [2.05, 4.69) is 41.3 Å². The van der Waals surface area contributed by atoms with E-state index in [0.717, 1.165) is 31.9 Å². The van der Waals surface area contributed by atoms with Crippen molar-refractivity contribution < 1.29 is 18.7 Å². The van der Waals surface area contributed by atoms with Crippen LogP contribution in [0.2, 0.25) is 0 Å². The standard InChI is InChI=1S/C26H28FN9O3/c1-39-24(37)15-30-16-5-7-17(8-6-16)32-23-12-20(33-22-4-2-3-10-29-22)25-31-14-21(36(25)35-23)26(38)34-19-9-11-28-13-18(19)27/h2-4,9-14,16-17,30H,5-8,15H2,1H3,(H,29,33)(H,32,35)(H,28,34,38)/t16-,17-. The zero-order valence-corrected chi connectivity index (χ0v) is 21.2. The summed E-state index contributed by atoms with van der Waals surface area (Å²) in [6, 6.07) is 9.05. The fraction of sp³-hybridized carbons (Fsp3) is 0.308. The van der Waals surface area contributed by atoms with E-state index in [1.807, 2.05) is 24.3 Å². The summed E-state index contributed by atoms with van der Waals surface area (Å²) in [7, 11) is 1.37. The molecule has 1 saturated carbocycles. The molecular formula is C26H28FN9O3. The quantitative estimate of drug-likeness (QED) is 0.237. The number of fused-ring (bicyclic) bond motifs is 1. The average Bonchev–Trinajstić information content (AvgIpc) is 3.39. The van der Waals surface area contributed by atoms with Gasteiger partial charge >= 0.3 is 5.97 Å². The van der Waals surface area contributed by atoms with Gasteiger partial charge < -0.3 is 26.0 Å². The van der Waals surface area contributed by atoms with Crippen molar-refractivity contribution in [2.75, 3.05) is 29.6 Å². The van der Waals surface area contributed by atoms with E-state index in [0.29, 0.717) is 23.0 Å². The Kier molecular flexibility index (Phi) is 7.87. The Balaban J connectivity index is 1.38. The molecule has 13 heteroatoms. The fourth-order valence-corrected chi connectivity index (χ4v) is 4.47. The van der Waals surface area contributed by atoms with E-state index < -0.39 is 11.7 Å². The van der Waals surface area contributed by atoms with Crippen LogP contribution in [0.1, 0.15) is 36.2 Å². The van der Waals surface area contributed by atoms with Gasteiger partial charge in [-0.05, 0) is 43.9 Å². The number of halogens is 1. The van der Waals surface area contributed by atoms with Crippen LogP contribution in [0.25, 0.3) is 5.65 Å². The zero-order chi connectivity index (χ0) is 27.2. The third kappa shape index (κ3) is 6.26. The van der Waals surface area contributed by atoms with Crippen LogP contribution in [0.15, 0.2) is 55.1 Å². The van der Waals surface area contributed by atoms with Crippen molar-refractivity contribution in [1.29, 1.82) is 0 Å². The SMILES string of the molecule is COC(=O)CN[C@H]1CC[C@H](Nc2cc(Nc3ccccn3)c3ncc(C(=O)Nc4ccncc4F)n3n2)CC1. The third-order valence-electron chi connectivity index (χ3n) is 6.49. The Hall–Kier alpha value is -4.65. The van der Waals surface area contributed by atoms with Crippen LogP contribution in [0.3, 0.4) is 0 Å². The Bertz CT molecular complexity index is 1460. The molecule has 0 saturated heterocycles. The molecular weight excluding hydrogens is 505 g/mol. The monoisotopic (exact) mass is 533 g/mol. The highest BCUT2D eigenvalue weighted by atomic mass is 19.1. The molecule has 0 atom stereocenters. The van der Waals surface area contributed by atoms with E-state index in [-0.39, 0.29) is 36.0 Å². The predicted octanol–water partition coefficient (Wildman–Crippen LogP) is 3.14. The zero-order valence-electron chi connectivity index (χ0n) is 21.2. The number of rotatable bonds is 9. The summed E-state index contributed by atoms with van der Waals surface area (Å²) < 4.78 is 20.2. The summed E-state index contributed by atoms with van der Waals surface area (Å²) >= 11 is 0. The maximum atomic E-state index is 14.1. The van der Waals surface area contributed by atoms with Crippen LogP contribution < -0.4 is 21.3 Å². The third-order valence-corrected chi connectivity index (χ3v) is 6.49. The minimum atomic E-state index is -0.649. The normalized spacial score (nSPS) is 17.0. The highest BCUT2D eigenvalue weighted by Crippen LogP contribution is 2.27. The van der Waals surface area contributed by atoms with Gasteiger partial charge in [0, 0.05) is 30.5 Å². The molecule has 0 radical (unpaired) electrons. The van der Waals surface area contributed by atoms with Crippen molar-refractivity contribution in [3.05, 3.63) is 66.6 Å². The first-order valence-corrected chi connectivity index (χ1v) is 12.5. The van der Waals surface area contributed by atoms with Crippen molar-refractivity contribution in [1.82, 2.24) is 29.9 Å². The minimum absolute atomic E-state index is 0.00336. The predicted molar refractivity (Wildman–Crippen MR) is 142 cm³/mol. The van der Waals surface area contributed by atoms with Gasteiger partial charge in [0.1, 0.15) is 11.6 Å². The van der Waals surface area contributed by atoms with Crippen molar-refractivity contribution in [2.45, 2.75) is 37.8 Å². The summed E-state index contributed by atoms with van der Waals surface area (Å²) in [6.07, 6.45) is 8.96. The minimum Gasteiger partial charge on any atom is -0.468 e. The molecule has 0 aliphatic heterocycles. The van der Waals surface area contributed by atoms with E-state index in [1.54, 1.807) is 6.20 Å². The molecule has 4 aromatic rings. The van der Waals surface area contributed by atoms with Crippen molar-refractivity contribution in [2.24, 2.45) is 0 Å². The van der Waals surface area contributed by atoms with Gasteiger partial charge in [-0.2, -0.15) is 0 Å². The van der Waals surface area contributed by atoms with Gasteiger partial charge in [-0.3, -0.25) is 14.6 Å². The molecule has 0 unspecified atom stereocenters. The van der Waals surface area contributed by atoms with Gasteiger partial charge in [0.2, 0.25) is 0 Å². The Labute approximate surface area is 223 Å². The van der Waals surface area contributed by atoms with E-state index in [9.17, 15) is 14.0 Å². The summed E-state index contributed by atoms with van der Waals surface area (Å²) in [6.45, 7) is 0.189. The maximum absolute atomic E-state index is 14.1. The number of hydrogen-bond acceptors (Lipinski definition) is 10. The van der Waals surface area contributed by atoms with E-state index in [4.69, 9.17) is 4.74 Å². The molecule has 39 heavy (non-hydrogen) atoms. The van der Waals surface area contributed by atoms with Gasteiger partial charge in [0.25, 0.3) is 5.91 Å². The largest absolute Gasteiger partial charge is 0.468 e. The summed E-state index contributed by atoms with van der Waals surface area (Å²) in [5.41, 5.74) is 1.13. The van der Waals surface area contributed by atoms with Gasteiger partial charge in [0.15, 0.2) is 17.2 Å². The second-order valence-corrected chi connectivity index (χ2v) is 9.12. The highest BCUT2D eigenvalue weighted by molar-refractivity contribution is 6.03. The van der Waals surface area contributed by atoms with Crippen molar-refractivity contribution in [3.63, 3.8) is 0 Å². The molecule has 1 amide bonds. The van der Waals surface area contributed by atoms with Crippen molar-refractivity contribution in [3.8, 4) is 0 Å². The molecule has 4 aromatic heterocycles. The van der Waals surface area contributed by atoms with E-state index >= 15 is 0 Å². The number of carbonyl (C=O) groups excluding carboxylic acids is 2. The second kappa shape index (κ2) is 11.8. The number of anilines is 4. The van der Waals surface area contributed by atoms with Crippen molar-refractivity contribution >= 4 is 40.5 Å². The molecule has 1 aliphatic carbocycles. The second-order valence-electron chi connectivity index (χ2n) is 9.12. The lowest BCUT2D eigenvalue weighted by molar-refractivity contribution is -0.139. The smallest absolute Gasteiger partial charge is 0.319 e. The molecule has 12 nitrogen and oxygen atoms in total. The number of nitrogens with one attached hydrogen (secondary N) is 4. The topological polar surface area (TPSA) is 147 Å². The molecule has 0 bridgehead atoms. The number of carbonyl (C=O) groups is 2. The molecule has 1 fully saturated rings. The van der Waals surface area contributed by atoms with Crippen LogP contribution in [-0.4, -0.2) is 62.2 Å². The van der Waals surface area contributed by atoms with Gasteiger partial charge in [-0.25, -0.2) is 18.9 Å². The number of methoxy groups -OCH3 is 1. The number of aromatic nitrogens is 5. The first kappa shape index (κ1) is 26.0. The lowest BCUT2D eigenvalue weighted by Crippen LogP contribution is -2.39. The lowest BCUT2D eigenvalue weighted by atomic mass is 9.91. The molecule has 202 valence electrons. The molecule has 1 aliphatic rings. The summed E-state index contributed by atoms with van der Waals surface area (Å²) in [5, 5.41) is 17.2. The van der Waals surface area contributed by atoms with Crippen LogP contribution >= 0.6 is 0 Å². The lowest BCUT2D eigenvalue weighted by Gasteiger charge is -2.30. The Morgan fingerprint density at radius 2 is 1.85 bits per heavy atom. The van der Waals surface area contributed by atoms with Crippen LogP contribution in [-0.2, 0) is 9.53 Å². The number of ether oxygens (including phenoxy) is 1. The number of imidazole rings is 1. The fourth-order valence-electron chi connectivity index (χ4n) is 4.47. The summed E-state index contributed by atoms with van der Waals surface area (Å²) in [5.74, 6) is -0.370. The van der Waals surface area contributed by atoms with E-state index in [1.165, 1.54) is 30.1 Å². The molecule has 5 rings (SSSR count). The van der Waals surface area contributed by atoms with Crippen LogP contribution in [0.4, 0.5) is 27.4 Å². The summed E-state index contributed by atoms with van der Waals surface area (Å²) in [4.78, 5) is 37.0. The number of amides is 1. The van der Waals surface area contributed by atoms with Gasteiger partial charge in [0.05, 0.1) is 37.4 Å². The molecule has 0 aromatic carbocycles. The van der Waals surface area contributed by atoms with Gasteiger partial charge in [-0.1, -0.05) is 6.07 Å². The van der Waals surface area contributed by atoms with Gasteiger partial charge in [-0.15, -0.1) is 5.10 Å². The number of pyridine rings is 2. The first-order valence-electron chi connectivity index (χ1n) is 12.5. The Morgan fingerprint density at radius 3 is 2.59 bits per heavy atom. The molecule has 0 spiro atoms. The highest BCUT2D eigenvalue weighted by Gasteiger charge is 2.23. The maximum Gasteiger partial charge on any atom is 0.319 e. The van der Waals surface area contributed by atoms with Crippen LogP contribution in [0.5, 0.6) is 0 Å². The number of nitrogens with zero attached hydrogens (tertiary/aromatic N) is 5. The molecule has 4 heterocycles. The number of esters is 1. The molecule has 4 N–H and O–H groups in total. The van der Waals surface area contributed by atoms with Crippen LogP contribution in [0, 0.1) is 5.82 Å². The number of hydrogen-bond donors (Lipinski definition) is 4. The first-order chi connectivity index (χ1) is 19.0.